The normalized spacial score (nSPS) is 11.4. The summed E-state index contributed by atoms with van der Waals surface area (Å²) in [6.45, 7) is 0.411. The van der Waals surface area contributed by atoms with Crippen molar-refractivity contribution in [3.8, 4) is 17.1 Å². The van der Waals surface area contributed by atoms with Crippen LogP contribution < -0.4 is 5.32 Å². The highest BCUT2D eigenvalue weighted by molar-refractivity contribution is 5.96. The molecule has 0 aliphatic rings. The fraction of sp³-hybridized carbons (Fsp3) is 0.211. The lowest BCUT2D eigenvalue weighted by atomic mass is 10.1. The molecule has 28 heavy (non-hydrogen) atoms. The molecule has 9 heteroatoms. The van der Waals surface area contributed by atoms with Crippen LogP contribution in [0.1, 0.15) is 28.2 Å². The summed E-state index contributed by atoms with van der Waals surface area (Å²) in [5.74, 6) is -1.95. The van der Waals surface area contributed by atoms with Gasteiger partial charge in [0, 0.05) is 12.1 Å². The summed E-state index contributed by atoms with van der Waals surface area (Å²) in [7, 11) is 0. The second-order valence-corrected chi connectivity index (χ2v) is 5.99. The number of hydrogen-bond acceptors (Lipinski definition) is 5. The quantitative estimate of drug-likeness (QED) is 0.624. The van der Waals surface area contributed by atoms with E-state index in [1.807, 2.05) is 0 Å². The zero-order valence-corrected chi connectivity index (χ0v) is 14.5. The van der Waals surface area contributed by atoms with Crippen LogP contribution in [-0.4, -0.2) is 27.7 Å². The molecule has 0 fully saturated rings. The highest BCUT2D eigenvalue weighted by atomic mass is 19.4. The Labute approximate surface area is 158 Å². The van der Waals surface area contributed by atoms with Crippen LogP contribution >= 0.6 is 0 Å². The van der Waals surface area contributed by atoms with E-state index in [1.165, 1.54) is 12.1 Å². The van der Waals surface area contributed by atoms with Crippen molar-refractivity contribution >= 4 is 5.91 Å². The maximum absolute atomic E-state index is 12.5. The Bertz CT molecular complexity index is 953. The third kappa shape index (κ3) is 4.67. The van der Waals surface area contributed by atoms with E-state index in [-0.39, 0.29) is 23.0 Å². The maximum atomic E-state index is 12.5. The lowest BCUT2D eigenvalue weighted by Gasteiger charge is -2.07. The third-order valence-corrected chi connectivity index (χ3v) is 3.96. The van der Waals surface area contributed by atoms with Gasteiger partial charge in [-0.05, 0) is 30.5 Å². The minimum Gasteiger partial charge on any atom is -0.507 e. The van der Waals surface area contributed by atoms with Crippen LogP contribution in [0.15, 0.2) is 53.1 Å². The van der Waals surface area contributed by atoms with E-state index in [4.69, 9.17) is 0 Å². The number of nitrogens with zero attached hydrogens (tertiary/aromatic N) is 2. The number of halogens is 3. The first-order valence-electron chi connectivity index (χ1n) is 8.41. The van der Waals surface area contributed by atoms with Gasteiger partial charge in [-0.2, -0.15) is 18.2 Å². The number of aromatic nitrogens is 2. The molecule has 0 saturated carbocycles. The van der Waals surface area contributed by atoms with Crippen LogP contribution in [0.4, 0.5) is 13.2 Å². The number of hydrogen-bond donors (Lipinski definition) is 2. The highest BCUT2D eigenvalue weighted by Crippen LogP contribution is 2.29. The zero-order valence-electron chi connectivity index (χ0n) is 14.5. The van der Waals surface area contributed by atoms with Crippen LogP contribution in [-0.2, 0) is 12.6 Å². The molecule has 0 radical (unpaired) electrons. The van der Waals surface area contributed by atoms with Gasteiger partial charge >= 0.3 is 12.1 Å². The van der Waals surface area contributed by atoms with E-state index in [0.717, 1.165) is 5.56 Å². The number of carbonyl (C=O) groups is 1. The van der Waals surface area contributed by atoms with Gasteiger partial charge in [0.2, 0.25) is 5.82 Å². The molecule has 0 aliphatic carbocycles. The summed E-state index contributed by atoms with van der Waals surface area (Å²) in [6, 6.07) is 13.0. The summed E-state index contributed by atoms with van der Waals surface area (Å²) in [4.78, 5) is 15.3. The Morgan fingerprint density at radius 3 is 2.46 bits per heavy atom. The molecule has 6 nitrogen and oxygen atoms in total. The number of para-hydroxylation sites is 1. The Kier molecular flexibility index (Phi) is 5.62. The van der Waals surface area contributed by atoms with E-state index >= 15 is 0 Å². The second-order valence-electron chi connectivity index (χ2n) is 5.99. The Morgan fingerprint density at radius 1 is 1.11 bits per heavy atom. The molecule has 3 aromatic rings. The van der Waals surface area contributed by atoms with Gasteiger partial charge in [-0.25, -0.2) is 0 Å². The fourth-order valence-corrected chi connectivity index (χ4v) is 2.53. The Balaban J connectivity index is 1.50. The number of amides is 1. The predicted octanol–water partition coefficient (Wildman–Crippen LogP) is 3.82. The Hall–Kier alpha value is -3.36. The zero-order chi connectivity index (χ0) is 20.1. The number of phenols is 1. The highest BCUT2D eigenvalue weighted by Gasteiger charge is 2.38. The molecule has 0 aliphatic heterocycles. The van der Waals surface area contributed by atoms with Crippen molar-refractivity contribution in [1.82, 2.24) is 15.5 Å². The number of alkyl halides is 3. The number of rotatable bonds is 6. The van der Waals surface area contributed by atoms with Gasteiger partial charge < -0.3 is 14.9 Å². The first-order chi connectivity index (χ1) is 13.3. The van der Waals surface area contributed by atoms with Crippen LogP contribution in [0, 0.1) is 0 Å². The molecule has 0 bridgehead atoms. The molecule has 2 aromatic carbocycles. The van der Waals surface area contributed by atoms with Gasteiger partial charge in [-0.1, -0.05) is 41.6 Å². The average molecular weight is 391 g/mol. The maximum Gasteiger partial charge on any atom is 0.471 e. The molecule has 2 N–H and O–H groups in total. The van der Waals surface area contributed by atoms with Gasteiger partial charge in [0.25, 0.3) is 5.91 Å². The molecule has 0 atom stereocenters. The average Bonchev–Trinajstić information content (AvgIpc) is 3.16. The van der Waals surface area contributed by atoms with Crippen molar-refractivity contribution in [3.05, 3.63) is 65.5 Å². The van der Waals surface area contributed by atoms with E-state index in [9.17, 15) is 23.1 Å². The Morgan fingerprint density at radius 2 is 1.82 bits per heavy atom. The van der Waals surface area contributed by atoms with Gasteiger partial charge in [-0.3, -0.25) is 4.79 Å². The number of benzene rings is 2. The number of phenolic OH excluding ortho intramolecular Hbond substituents is 1. The lowest BCUT2D eigenvalue weighted by molar-refractivity contribution is -0.159. The minimum atomic E-state index is -4.67. The third-order valence-electron chi connectivity index (χ3n) is 3.96. The molecule has 0 saturated heterocycles. The topological polar surface area (TPSA) is 88.3 Å². The molecule has 0 unspecified atom stereocenters. The minimum absolute atomic E-state index is 0.0780. The summed E-state index contributed by atoms with van der Waals surface area (Å²) >= 11 is 0. The van der Waals surface area contributed by atoms with Gasteiger partial charge in [0.15, 0.2) is 0 Å². The molecule has 1 amide bonds. The summed E-state index contributed by atoms with van der Waals surface area (Å²) in [5.41, 5.74) is 1.57. The summed E-state index contributed by atoms with van der Waals surface area (Å²) in [5, 5.41) is 15.7. The first-order valence-corrected chi connectivity index (χ1v) is 8.41. The monoisotopic (exact) mass is 391 g/mol. The molecule has 1 heterocycles. The molecule has 3 rings (SSSR count). The summed E-state index contributed by atoms with van der Waals surface area (Å²) < 4.78 is 41.7. The van der Waals surface area contributed by atoms with Crippen molar-refractivity contribution < 1.29 is 27.6 Å². The smallest absolute Gasteiger partial charge is 0.471 e. The number of aryl methyl sites for hydroxylation is 1. The molecular weight excluding hydrogens is 375 g/mol. The number of nitrogens with one attached hydrogen (secondary N) is 1. The van der Waals surface area contributed by atoms with Crippen LogP contribution in [0.3, 0.4) is 0 Å². The number of carbonyl (C=O) groups excluding carboxylic acids is 1. The first kappa shape index (κ1) is 19.4. The SMILES string of the molecule is O=C(NCCCc1ccc(-c2noc(C(F)(F)F)n2)cc1)c1ccccc1O. The standard InChI is InChI=1S/C19H16F3N3O3/c20-19(21,22)18-24-16(25-28-18)13-9-7-12(8-10-13)4-3-11-23-17(27)14-5-1-2-6-15(14)26/h1-2,5-10,26H,3-4,11H2,(H,23,27). The van der Waals surface area contributed by atoms with Gasteiger partial charge in [0.05, 0.1) is 5.56 Å². The summed E-state index contributed by atoms with van der Waals surface area (Å²) in [6.07, 6.45) is -3.37. The van der Waals surface area contributed by atoms with Crippen LogP contribution in [0.5, 0.6) is 5.75 Å². The van der Waals surface area contributed by atoms with E-state index in [1.54, 1.807) is 36.4 Å². The van der Waals surface area contributed by atoms with Gasteiger partial charge in [0.1, 0.15) is 5.75 Å². The van der Waals surface area contributed by atoms with Crippen LogP contribution in [0.25, 0.3) is 11.4 Å². The lowest BCUT2D eigenvalue weighted by Crippen LogP contribution is -2.24. The predicted molar refractivity (Wildman–Crippen MR) is 93.5 cm³/mol. The van der Waals surface area contributed by atoms with Crippen molar-refractivity contribution in [3.63, 3.8) is 0 Å². The fourth-order valence-electron chi connectivity index (χ4n) is 2.53. The molecule has 146 valence electrons. The molecule has 0 spiro atoms. The van der Waals surface area contributed by atoms with Gasteiger partial charge in [-0.15, -0.1) is 0 Å². The van der Waals surface area contributed by atoms with E-state index < -0.39 is 12.1 Å². The molecular formula is C19H16F3N3O3. The van der Waals surface area contributed by atoms with Crippen molar-refractivity contribution in [2.75, 3.05) is 6.54 Å². The van der Waals surface area contributed by atoms with Crippen molar-refractivity contribution in [1.29, 1.82) is 0 Å². The van der Waals surface area contributed by atoms with E-state index in [2.05, 4.69) is 20.0 Å². The number of aromatic hydroxyl groups is 1. The largest absolute Gasteiger partial charge is 0.507 e. The van der Waals surface area contributed by atoms with Crippen LogP contribution in [0.2, 0.25) is 0 Å². The van der Waals surface area contributed by atoms with E-state index in [0.29, 0.717) is 24.9 Å². The second kappa shape index (κ2) is 8.12. The van der Waals surface area contributed by atoms with Crippen molar-refractivity contribution in [2.45, 2.75) is 19.0 Å². The van der Waals surface area contributed by atoms with Crippen molar-refractivity contribution in [2.24, 2.45) is 0 Å². The molecule has 1 aromatic heterocycles.